The Balaban J connectivity index is 0.0000116. The largest absolute Gasteiger partial charge is 0.674 e. The van der Waals surface area contributed by atoms with E-state index in [2.05, 4.69) is 15.6 Å². The molecule has 10 nitrogen and oxygen atoms in total. The van der Waals surface area contributed by atoms with Gasteiger partial charge in [-0.1, -0.05) is 32.6 Å². The third-order valence-corrected chi connectivity index (χ3v) is 5.66. The zero-order valence-electron chi connectivity index (χ0n) is 22.7. The molecule has 0 aliphatic heterocycles. The average molecular weight is 711 g/mol. The summed E-state index contributed by atoms with van der Waals surface area (Å²) in [5.41, 5.74) is 7.35. The van der Waals surface area contributed by atoms with Gasteiger partial charge in [-0.05, 0) is 60.3 Å². The summed E-state index contributed by atoms with van der Waals surface area (Å²) in [6, 6.07) is -0.935. The third kappa shape index (κ3) is 12.2. The second kappa shape index (κ2) is 14.7. The van der Waals surface area contributed by atoms with Gasteiger partial charge in [-0.25, -0.2) is 14.6 Å². The molecule has 1 fully saturated rings. The van der Waals surface area contributed by atoms with Gasteiger partial charge in [-0.3, -0.25) is 15.4 Å². The maximum atomic E-state index is 12.4. The fraction of sp³-hybridized carbons (Fsp3) is 0.833. The third-order valence-electron chi connectivity index (χ3n) is 5.66. The number of rotatable bonds is 6. The number of carbonyl (C=O) groups is 3. The van der Waals surface area contributed by atoms with Crippen LogP contribution in [0.2, 0.25) is 0 Å². The number of carbonyl (C=O) groups excluding carboxylic acids is 3. The molecule has 0 aromatic heterocycles. The number of nitrogens with zero attached hydrogens (tertiary/aromatic N) is 1. The molecule has 4 unspecified atom stereocenters. The van der Waals surface area contributed by atoms with E-state index in [1.807, 2.05) is 13.8 Å². The van der Waals surface area contributed by atoms with Gasteiger partial charge in [0.2, 0.25) is 5.96 Å². The van der Waals surface area contributed by atoms with Crippen LogP contribution in [0.1, 0.15) is 81.1 Å². The first-order valence-corrected chi connectivity index (χ1v) is 12.0. The molecule has 2 amide bonds. The number of hydrogen-bond acceptors (Lipinski definition) is 7. The fourth-order valence-corrected chi connectivity index (χ4v) is 4.15. The van der Waals surface area contributed by atoms with Crippen LogP contribution in [0.25, 0.3) is 5.73 Å². The van der Waals surface area contributed by atoms with Crippen LogP contribution in [0, 0.1) is 61.8 Å². The zero-order valence-corrected chi connectivity index (χ0v) is 27.4. The van der Waals surface area contributed by atoms with E-state index in [9.17, 15) is 14.4 Å². The van der Waals surface area contributed by atoms with Crippen molar-refractivity contribution in [1.29, 1.82) is 0 Å². The summed E-state index contributed by atoms with van der Waals surface area (Å²) < 4.78 is 15.5. The molecule has 3 N–H and O–H groups in total. The Morgan fingerprint density at radius 3 is 1.77 bits per heavy atom. The minimum absolute atomic E-state index is 0. The number of esters is 1. The normalized spacial score (nSPS) is 20.8. The maximum absolute atomic E-state index is 12.4. The van der Waals surface area contributed by atoms with Crippen molar-refractivity contribution >= 4 is 24.1 Å². The first kappa shape index (κ1) is 34.1. The van der Waals surface area contributed by atoms with Crippen LogP contribution in [0.3, 0.4) is 0 Å². The molecule has 1 radical (unpaired) electrons. The number of methoxy groups -OCH3 is 1. The Bertz CT molecular complexity index is 711. The van der Waals surface area contributed by atoms with Crippen molar-refractivity contribution in [3.8, 4) is 0 Å². The SMILES string of the molecule is CCC(CC)C([NH-])C1CC(C(=O)OC)CC1N=C(NC(=O)OC(C)(C)C)NC(=O)OC(C)(C)C.[Ac]. The summed E-state index contributed by atoms with van der Waals surface area (Å²) >= 11 is 0. The predicted molar refractivity (Wildman–Crippen MR) is 130 cm³/mol. The Morgan fingerprint density at radius 2 is 1.40 bits per heavy atom. The number of alkyl carbamates (subject to hydrolysis) is 2. The van der Waals surface area contributed by atoms with Crippen LogP contribution in [-0.4, -0.2) is 54.5 Å². The van der Waals surface area contributed by atoms with Crippen molar-refractivity contribution in [3.63, 3.8) is 0 Å². The van der Waals surface area contributed by atoms with E-state index < -0.39 is 41.4 Å². The van der Waals surface area contributed by atoms with Crippen molar-refractivity contribution in [3.05, 3.63) is 5.73 Å². The minimum atomic E-state index is -0.788. The van der Waals surface area contributed by atoms with Gasteiger partial charge >= 0.3 is 18.2 Å². The van der Waals surface area contributed by atoms with Crippen LogP contribution in [-0.2, 0) is 19.0 Å². The van der Waals surface area contributed by atoms with E-state index in [1.54, 1.807) is 41.5 Å². The fourth-order valence-electron chi connectivity index (χ4n) is 4.15. The summed E-state index contributed by atoms with van der Waals surface area (Å²) in [4.78, 5) is 41.7. The Labute approximate surface area is 245 Å². The quantitative estimate of drug-likeness (QED) is 0.176. The van der Waals surface area contributed by atoms with E-state index in [1.165, 1.54) is 7.11 Å². The Morgan fingerprint density at radius 1 is 0.943 bits per heavy atom. The molecular formula is C24H43AcN4O6-. The minimum Gasteiger partial charge on any atom is -0.674 e. The van der Waals surface area contributed by atoms with Gasteiger partial charge in [0.05, 0.1) is 19.1 Å². The molecule has 11 heteroatoms. The first-order chi connectivity index (χ1) is 15.6. The standard InChI is InChI=1S/C24H43N4O6.Ac/c1-10-14(11-2)18(25)16-12-15(19(29)32-9)13-17(16)26-20(27-21(30)33-23(3,4)5)28-22(31)34-24(6,7)8;/h14-18,25H,10-13H2,1-9H3,(H2,26,27,28,30,31);/q-1;. The van der Waals surface area contributed by atoms with Gasteiger partial charge in [0.25, 0.3) is 0 Å². The Hall–Kier alpha value is -0.918. The molecule has 1 aliphatic rings. The number of aliphatic imine (C=N–C) groups is 1. The topological polar surface area (TPSA) is 139 Å². The number of nitrogens with one attached hydrogen (secondary N) is 3. The molecule has 1 saturated carbocycles. The van der Waals surface area contributed by atoms with E-state index in [0.29, 0.717) is 12.8 Å². The summed E-state index contributed by atoms with van der Waals surface area (Å²) in [7, 11) is 1.34. The van der Waals surface area contributed by atoms with Crippen LogP contribution < -0.4 is 10.6 Å². The number of hydrogen-bond donors (Lipinski definition) is 2. The molecule has 4 atom stereocenters. The molecule has 1 rings (SSSR count). The smallest absolute Gasteiger partial charge is 0.414 e. The van der Waals surface area contributed by atoms with E-state index in [-0.39, 0.29) is 67.8 Å². The van der Waals surface area contributed by atoms with E-state index >= 15 is 0 Å². The average Bonchev–Trinajstić information content (AvgIpc) is 3.08. The summed E-state index contributed by atoms with van der Waals surface area (Å²) in [5.74, 6) is -0.998. The van der Waals surface area contributed by atoms with E-state index in [4.69, 9.17) is 19.9 Å². The van der Waals surface area contributed by atoms with Gasteiger partial charge in [0.1, 0.15) is 11.2 Å². The molecule has 1 aliphatic carbocycles. The molecule has 35 heavy (non-hydrogen) atoms. The van der Waals surface area contributed by atoms with Crippen molar-refractivity contribution in [1.82, 2.24) is 10.6 Å². The van der Waals surface area contributed by atoms with Gasteiger partial charge < -0.3 is 19.9 Å². The zero-order chi connectivity index (χ0) is 26.3. The number of guanidine groups is 1. The molecule has 0 spiro atoms. The van der Waals surface area contributed by atoms with Crippen LogP contribution in [0.4, 0.5) is 9.59 Å². The van der Waals surface area contributed by atoms with Crippen LogP contribution in [0.5, 0.6) is 0 Å². The molecule has 0 saturated heterocycles. The van der Waals surface area contributed by atoms with E-state index in [0.717, 1.165) is 12.8 Å². The summed E-state index contributed by atoms with van der Waals surface area (Å²) in [5, 5.41) is 4.98. The molecule has 0 aromatic carbocycles. The molecule has 199 valence electrons. The van der Waals surface area contributed by atoms with Gasteiger partial charge in [0.15, 0.2) is 0 Å². The van der Waals surface area contributed by atoms with Crippen LogP contribution in [0.15, 0.2) is 4.99 Å². The number of amides is 2. The maximum Gasteiger partial charge on any atom is 0.414 e. The molecule has 0 bridgehead atoms. The number of ether oxygens (including phenoxy) is 3. The predicted octanol–water partition coefficient (Wildman–Crippen LogP) is 4.82. The summed E-state index contributed by atoms with van der Waals surface area (Å²) in [6.07, 6.45) is 0.895. The first-order valence-electron chi connectivity index (χ1n) is 12.0. The monoisotopic (exact) mass is 710 g/mol. The van der Waals surface area contributed by atoms with Gasteiger partial charge in [-0.15, -0.1) is 6.04 Å². The molecule has 0 aromatic rings. The van der Waals surface area contributed by atoms with Gasteiger partial charge in [-0.2, -0.15) is 0 Å². The second-order valence-electron chi connectivity index (χ2n) is 10.8. The molecule has 0 heterocycles. The Kier molecular flexibility index (Phi) is 14.3. The van der Waals surface area contributed by atoms with Gasteiger partial charge in [0, 0.05) is 44.1 Å². The van der Waals surface area contributed by atoms with Crippen molar-refractivity contribution in [2.75, 3.05) is 7.11 Å². The van der Waals surface area contributed by atoms with Crippen molar-refractivity contribution < 1.29 is 72.7 Å². The summed E-state index contributed by atoms with van der Waals surface area (Å²) in [6.45, 7) is 14.4. The van der Waals surface area contributed by atoms with Crippen molar-refractivity contribution in [2.24, 2.45) is 22.7 Å². The van der Waals surface area contributed by atoms with Crippen molar-refractivity contribution in [2.45, 2.75) is 104 Å². The molecular weight excluding hydrogens is 667 g/mol. The second-order valence-corrected chi connectivity index (χ2v) is 10.8. The van der Waals surface area contributed by atoms with Crippen LogP contribution >= 0.6 is 0 Å².